The summed E-state index contributed by atoms with van der Waals surface area (Å²) in [4.78, 5) is 14.4. The zero-order valence-electron chi connectivity index (χ0n) is 12.6. The number of rotatable bonds is 5. The fraction of sp³-hybridized carbons (Fsp3) is 0.562. The van der Waals surface area contributed by atoms with Gasteiger partial charge in [-0.1, -0.05) is 23.7 Å². The second kappa shape index (κ2) is 6.54. The average Bonchev–Trinajstić information content (AvgIpc) is 3.29. The van der Waals surface area contributed by atoms with Gasteiger partial charge in [-0.2, -0.15) is 0 Å². The van der Waals surface area contributed by atoms with Gasteiger partial charge >= 0.3 is 0 Å². The fourth-order valence-corrected chi connectivity index (χ4v) is 2.88. The Morgan fingerprint density at radius 2 is 1.95 bits per heavy atom. The van der Waals surface area contributed by atoms with Gasteiger partial charge in [-0.25, -0.2) is 0 Å². The summed E-state index contributed by atoms with van der Waals surface area (Å²) in [6, 6.07) is 7.93. The molecule has 2 aliphatic rings. The summed E-state index contributed by atoms with van der Waals surface area (Å²) in [5.41, 5.74) is 6.47. The van der Waals surface area contributed by atoms with Crippen LogP contribution in [-0.2, 0) is 9.53 Å². The molecule has 1 amide bonds. The third kappa shape index (κ3) is 3.60. The van der Waals surface area contributed by atoms with Crippen LogP contribution >= 0.6 is 11.6 Å². The number of nitrogens with one attached hydrogen (secondary N) is 1. The summed E-state index contributed by atoms with van der Waals surface area (Å²) in [6.45, 7) is 3.71. The topological polar surface area (TPSA) is 67.6 Å². The summed E-state index contributed by atoms with van der Waals surface area (Å²) in [5.74, 6) is -0.0419. The van der Waals surface area contributed by atoms with Crippen molar-refractivity contribution < 1.29 is 9.53 Å². The second-order valence-electron chi connectivity index (χ2n) is 6.08. The third-order valence-electron chi connectivity index (χ3n) is 4.44. The number of carbonyl (C=O) groups excluding carboxylic acids is 1. The molecule has 6 heteroatoms. The van der Waals surface area contributed by atoms with Crippen molar-refractivity contribution in [2.24, 2.45) is 5.73 Å². The number of halogens is 1. The Hall–Kier alpha value is -1.14. The Balaban J connectivity index is 1.70. The summed E-state index contributed by atoms with van der Waals surface area (Å²) in [6.07, 6.45) is 1.56. The molecule has 22 heavy (non-hydrogen) atoms. The van der Waals surface area contributed by atoms with Crippen LogP contribution in [0.4, 0.5) is 0 Å². The number of benzene rings is 1. The van der Waals surface area contributed by atoms with Crippen LogP contribution in [-0.4, -0.2) is 49.2 Å². The summed E-state index contributed by atoms with van der Waals surface area (Å²) < 4.78 is 5.42. The molecule has 1 aliphatic heterocycles. The van der Waals surface area contributed by atoms with E-state index in [2.05, 4.69) is 10.2 Å². The van der Waals surface area contributed by atoms with E-state index in [1.54, 1.807) is 0 Å². The lowest BCUT2D eigenvalue weighted by Crippen LogP contribution is -2.48. The summed E-state index contributed by atoms with van der Waals surface area (Å²) in [7, 11) is 0. The molecule has 5 nitrogen and oxygen atoms in total. The molecule has 1 aliphatic carbocycles. The van der Waals surface area contributed by atoms with Crippen molar-refractivity contribution in [1.29, 1.82) is 0 Å². The van der Waals surface area contributed by atoms with Crippen LogP contribution in [0.15, 0.2) is 24.3 Å². The number of hydrogen-bond acceptors (Lipinski definition) is 4. The zero-order chi connectivity index (χ0) is 15.6. The van der Waals surface area contributed by atoms with Crippen LogP contribution in [0.5, 0.6) is 0 Å². The van der Waals surface area contributed by atoms with E-state index in [1.165, 1.54) is 0 Å². The van der Waals surface area contributed by atoms with Crippen LogP contribution in [0.2, 0.25) is 5.02 Å². The minimum atomic E-state index is -0.629. The normalized spacial score (nSPS) is 22.1. The van der Waals surface area contributed by atoms with Crippen molar-refractivity contribution in [2.45, 2.75) is 24.4 Å². The first-order valence-electron chi connectivity index (χ1n) is 7.73. The number of amides is 1. The molecule has 3 N–H and O–H groups in total. The van der Waals surface area contributed by atoms with E-state index in [1.807, 2.05) is 24.3 Å². The van der Waals surface area contributed by atoms with Gasteiger partial charge in [-0.15, -0.1) is 0 Å². The largest absolute Gasteiger partial charge is 0.379 e. The lowest BCUT2D eigenvalue weighted by Gasteiger charge is -2.35. The maximum absolute atomic E-state index is 12.1. The van der Waals surface area contributed by atoms with Crippen LogP contribution in [0.1, 0.15) is 24.4 Å². The Bertz CT molecular complexity index is 525. The molecule has 0 aromatic heterocycles. The van der Waals surface area contributed by atoms with Gasteiger partial charge in [0.2, 0.25) is 5.91 Å². The number of hydrogen-bond donors (Lipinski definition) is 2. The van der Waals surface area contributed by atoms with E-state index in [9.17, 15) is 4.79 Å². The number of carbonyl (C=O) groups is 1. The number of ether oxygens (including phenoxy) is 1. The van der Waals surface area contributed by atoms with Crippen molar-refractivity contribution in [3.05, 3.63) is 34.9 Å². The SMILES string of the molecule is NC1(C(=O)NCC(c2ccc(Cl)cc2)N2CCOCC2)CC1. The van der Waals surface area contributed by atoms with Crippen LogP contribution in [0.3, 0.4) is 0 Å². The van der Waals surface area contributed by atoms with Gasteiger partial charge in [-0.3, -0.25) is 9.69 Å². The highest BCUT2D eigenvalue weighted by Gasteiger charge is 2.46. The van der Waals surface area contributed by atoms with Crippen molar-refractivity contribution in [1.82, 2.24) is 10.2 Å². The minimum absolute atomic E-state index is 0.0419. The molecule has 1 atom stereocenters. The minimum Gasteiger partial charge on any atom is -0.379 e. The highest BCUT2D eigenvalue weighted by atomic mass is 35.5. The van der Waals surface area contributed by atoms with Crippen molar-refractivity contribution in [3.63, 3.8) is 0 Å². The predicted molar refractivity (Wildman–Crippen MR) is 85.7 cm³/mol. The van der Waals surface area contributed by atoms with E-state index in [0.29, 0.717) is 11.6 Å². The molecule has 1 heterocycles. The van der Waals surface area contributed by atoms with E-state index >= 15 is 0 Å². The Kier molecular flexibility index (Phi) is 4.68. The van der Waals surface area contributed by atoms with Gasteiger partial charge in [0.15, 0.2) is 0 Å². The Morgan fingerprint density at radius 3 is 2.55 bits per heavy atom. The van der Waals surface area contributed by atoms with E-state index in [-0.39, 0.29) is 11.9 Å². The molecule has 0 spiro atoms. The molecule has 1 aromatic rings. The smallest absolute Gasteiger partial charge is 0.240 e. The Morgan fingerprint density at radius 1 is 1.32 bits per heavy atom. The predicted octanol–water partition coefficient (Wildman–Crippen LogP) is 1.32. The molecule has 1 unspecified atom stereocenters. The zero-order valence-corrected chi connectivity index (χ0v) is 13.3. The van der Waals surface area contributed by atoms with Gasteiger partial charge in [0.1, 0.15) is 0 Å². The second-order valence-corrected chi connectivity index (χ2v) is 6.52. The first-order valence-corrected chi connectivity index (χ1v) is 8.11. The molecular weight excluding hydrogens is 302 g/mol. The van der Waals surface area contributed by atoms with E-state index < -0.39 is 5.54 Å². The van der Waals surface area contributed by atoms with Gasteiger partial charge in [0, 0.05) is 24.7 Å². The molecular formula is C16H22ClN3O2. The van der Waals surface area contributed by atoms with Crippen LogP contribution in [0.25, 0.3) is 0 Å². The van der Waals surface area contributed by atoms with Gasteiger partial charge in [0.25, 0.3) is 0 Å². The molecule has 0 bridgehead atoms. The van der Waals surface area contributed by atoms with Crippen molar-refractivity contribution in [3.8, 4) is 0 Å². The molecule has 0 radical (unpaired) electrons. The van der Waals surface area contributed by atoms with Gasteiger partial charge in [0.05, 0.1) is 24.8 Å². The third-order valence-corrected chi connectivity index (χ3v) is 4.69. The number of nitrogens with two attached hydrogens (primary N) is 1. The lowest BCUT2D eigenvalue weighted by atomic mass is 10.0. The number of morpholine rings is 1. The van der Waals surface area contributed by atoms with Crippen molar-refractivity contribution in [2.75, 3.05) is 32.8 Å². The quantitative estimate of drug-likeness (QED) is 0.857. The fourth-order valence-electron chi connectivity index (χ4n) is 2.76. The highest BCUT2D eigenvalue weighted by Crippen LogP contribution is 2.32. The van der Waals surface area contributed by atoms with Gasteiger partial charge in [-0.05, 0) is 30.5 Å². The van der Waals surface area contributed by atoms with Crippen molar-refractivity contribution >= 4 is 17.5 Å². The molecule has 1 saturated carbocycles. The molecule has 120 valence electrons. The first kappa shape index (κ1) is 15.7. The molecule has 1 aromatic carbocycles. The number of nitrogens with zero attached hydrogens (tertiary/aromatic N) is 1. The van der Waals surface area contributed by atoms with E-state index in [4.69, 9.17) is 22.1 Å². The van der Waals surface area contributed by atoms with E-state index in [0.717, 1.165) is 44.7 Å². The standard InChI is InChI=1S/C16H22ClN3O2/c17-13-3-1-12(2-4-13)14(20-7-9-22-10-8-20)11-19-15(21)16(18)5-6-16/h1-4,14H,5-11,18H2,(H,19,21). The summed E-state index contributed by atoms with van der Waals surface area (Å²) >= 11 is 5.98. The van der Waals surface area contributed by atoms with Crippen LogP contribution in [0, 0.1) is 0 Å². The molecule has 3 rings (SSSR count). The molecule has 1 saturated heterocycles. The maximum Gasteiger partial charge on any atom is 0.240 e. The highest BCUT2D eigenvalue weighted by molar-refractivity contribution is 6.30. The lowest BCUT2D eigenvalue weighted by molar-refractivity contribution is -0.123. The van der Waals surface area contributed by atoms with Crippen LogP contribution < -0.4 is 11.1 Å². The molecule has 2 fully saturated rings. The first-order chi connectivity index (χ1) is 10.6. The van der Waals surface area contributed by atoms with Gasteiger partial charge < -0.3 is 15.8 Å². The monoisotopic (exact) mass is 323 g/mol. The average molecular weight is 324 g/mol. The maximum atomic E-state index is 12.1. The summed E-state index contributed by atoms with van der Waals surface area (Å²) in [5, 5.41) is 3.73. The Labute approximate surface area is 135 Å².